The van der Waals surface area contributed by atoms with Crippen molar-refractivity contribution in [3.05, 3.63) is 83.7 Å². The lowest BCUT2D eigenvalue weighted by Gasteiger charge is -2.22. The van der Waals surface area contributed by atoms with Crippen molar-refractivity contribution in [3.63, 3.8) is 0 Å². The SMILES string of the molecule is Cn1ccnc1SCc1cccc(C(=O)N[C@@H]2CCC[C@@H]2OCc2ccccc2)c1. The number of nitrogens with one attached hydrogen (secondary N) is 1. The number of aryl methyl sites for hydroxylation is 1. The summed E-state index contributed by atoms with van der Waals surface area (Å²) in [4.78, 5) is 17.2. The lowest BCUT2D eigenvalue weighted by Crippen LogP contribution is -2.41. The highest BCUT2D eigenvalue weighted by atomic mass is 32.2. The fraction of sp³-hybridized carbons (Fsp3) is 0.333. The van der Waals surface area contributed by atoms with Gasteiger partial charge in [0.05, 0.1) is 18.8 Å². The van der Waals surface area contributed by atoms with E-state index in [1.807, 2.05) is 60.3 Å². The van der Waals surface area contributed by atoms with E-state index in [0.29, 0.717) is 12.2 Å². The summed E-state index contributed by atoms with van der Waals surface area (Å²) >= 11 is 1.67. The molecule has 156 valence electrons. The van der Waals surface area contributed by atoms with E-state index in [1.165, 1.54) is 0 Å². The van der Waals surface area contributed by atoms with Crippen LogP contribution in [0.5, 0.6) is 0 Å². The van der Waals surface area contributed by atoms with Crippen LogP contribution in [0.25, 0.3) is 0 Å². The minimum atomic E-state index is -0.0287. The summed E-state index contributed by atoms with van der Waals surface area (Å²) in [5, 5.41) is 4.17. The van der Waals surface area contributed by atoms with Crippen LogP contribution in [0.2, 0.25) is 0 Å². The van der Waals surface area contributed by atoms with E-state index >= 15 is 0 Å². The molecule has 0 radical (unpaired) electrons. The lowest BCUT2D eigenvalue weighted by atomic mass is 10.1. The second kappa shape index (κ2) is 9.96. The molecule has 2 aromatic carbocycles. The van der Waals surface area contributed by atoms with Gasteiger partial charge in [0.1, 0.15) is 0 Å². The van der Waals surface area contributed by atoms with E-state index in [-0.39, 0.29) is 18.1 Å². The highest BCUT2D eigenvalue weighted by Crippen LogP contribution is 2.24. The van der Waals surface area contributed by atoms with Crippen LogP contribution in [0.3, 0.4) is 0 Å². The van der Waals surface area contributed by atoms with Crippen molar-refractivity contribution >= 4 is 17.7 Å². The molecule has 30 heavy (non-hydrogen) atoms. The molecule has 6 heteroatoms. The molecule has 2 atom stereocenters. The molecular weight excluding hydrogens is 394 g/mol. The zero-order chi connectivity index (χ0) is 20.8. The van der Waals surface area contributed by atoms with Crippen LogP contribution >= 0.6 is 11.8 Å². The summed E-state index contributed by atoms with van der Waals surface area (Å²) in [6.07, 6.45) is 6.81. The molecule has 1 heterocycles. The number of benzene rings is 2. The van der Waals surface area contributed by atoms with Gasteiger partial charge in [-0.2, -0.15) is 0 Å². The summed E-state index contributed by atoms with van der Waals surface area (Å²) in [6, 6.07) is 18.1. The number of carbonyl (C=O) groups is 1. The maximum absolute atomic E-state index is 12.9. The summed E-state index contributed by atoms with van der Waals surface area (Å²) in [6.45, 7) is 0.581. The van der Waals surface area contributed by atoms with E-state index < -0.39 is 0 Å². The maximum Gasteiger partial charge on any atom is 0.251 e. The van der Waals surface area contributed by atoms with Gasteiger partial charge in [0.2, 0.25) is 0 Å². The van der Waals surface area contributed by atoms with Crippen LogP contribution in [0.15, 0.2) is 72.1 Å². The van der Waals surface area contributed by atoms with E-state index in [2.05, 4.69) is 22.4 Å². The summed E-state index contributed by atoms with van der Waals surface area (Å²) in [5.41, 5.74) is 2.97. The first-order valence-electron chi connectivity index (χ1n) is 10.3. The van der Waals surface area contributed by atoms with Gasteiger partial charge in [-0.15, -0.1) is 0 Å². The first-order chi connectivity index (χ1) is 14.7. The smallest absolute Gasteiger partial charge is 0.251 e. The van der Waals surface area contributed by atoms with Gasteiger partial charge >= 0.3 is 0 Å². The minimum Gasteiger partial charge on any atom is -0.371 e. The average Bonchev–Trinajstić information content (AvgIpc) is 3.40. The molecule has 5 nitrogen and oxygen atoms in total. The Morgan fingerprint density at radius 3 is 2.80 bits per heavy atom. The highest BCUT2D eigenvalue weighted by molar-refractivity contribution is 7.98. The van der Waals surface area contributed by atoms with Crippen molar-refractivity contribution in [1.29, 1.82) is 0 Å². The monoisotopic (exact) mass is 421 g/mol. The van der Waals surface area contributed by atoms with Gasteiger partial charge in [-0.3, -0.25) is 4.79 Å². The quantitative estimate of drug-likeness (QED) is 0.541. The standard InChI is InChI=1S/C24H27N3O2S/c1-27-14-13-25-24(27)30-17-19-9-5-10-20(15-19)23(28)26-21-11-6-12-22(21)29-16-18-7-3-2-4-8-18/h2-5,7-10,13-15,21-22H,6,11-12,16-17H2,1H3,(H,26,28)/t21-,22+/m1/s1. The van der Waals surface area contributed by atoms with Crippen LogP contribution < -0.4 is 5.32 Å². The third kappa shape index (κ3) is 5.32. The molecular formula is C24H27N3O2S. The largest absolute Gasteiger partial charge is 0.371 e. The topological polar surface area (TPSA) is 56.2 Å². The Morgan fingerprint density at radius 1 is 1.17 bits per heavy atom. The number of imidazole rings is 1. The minimum absolute atomic E-state index is 0.0287. The van der Waals surface area contributed by atoms with Crippen LogP contribution in [-0.2, 0) is 24.1 Å². The Morgan fingerprint density at radius 2 is 2.00 bits per heavy atom. The van der Waals surface area contributed by atoms with Gasteiger partial charge in [-0.1, -0.05) is 54.2 Å². The van der Waals surface area contributed by atoms with Crippen molar-refractivity contribution in [1.82, 2.24) is 14.9 Å². The van der Waals surface area contributed by atoms with Crippen LogP contribution in [0, 0.1) is 0 Å². The molecule has 1 fully saturated rings. The number of carbonyl (C=O) groups excluding carboxylic acids is 1. The van der Waals surface area contributed by atoms with E-state index in [9.17, 15) is 4.79 Å². The molecule has 1 saturated carbocycles. The van der Waals surface area contributed by atoms with Crippen LogP contribution in [0.4, 0.5) is 0 Å². The van der Waals surface area contributed by atoms with Crippen molar-refractivity contribution in [3.8, 4) is 0 Å². The first-order valence-corrected chi connectivity index (χ1v) is 11.3. The summed E-state index contributed by atoms with van der Waals surface area (Å²) < 4.78 is 8.12. The number of thioether (sulfide) groups is 1. The molecule has 1 aromatic heterocycles. The normalized spacial score (nSPS) is 18.4. The zero-order valence-electron chi connectivity index (χ0n) is 17.2. The molecule has 4 rings (SSSR count). The Bertz CT molecular complexity index is 973. The van der Waals surface area contributed by atoms with Crippen LogP contribution in [0.1, 0.15) is 40.7 Å². The number of hydrogen-bond acceptors (Lipinski definition) is 4. The number of ether oxygens (including phenoxy) is 1. The number of aromatic nitrogens is 2. The van der Waals surface area contributed by atoms with Gasteiger partial charge in [-0.05, 0) is 42.5 Å². The summed E-state index contributed by atoms with van der Waals surface area (Å²) in [5.74, 6) is 0.747. The molecule has 0 aliphatic heterocycles. The van der Waals surface area contributed by atoms with Gasteiger partial charge in [0.15, 0.2) is 5.16 Å². The Balaban J connectivity index is 1.33. The third-order valence-corrected chi connectivity index (χ3v) is 6.54. The van der Waals surface area contributed by atoms with Crippen LogP contribution in [-0.4, -0.2) is 27.6 Å². The summed E-state index contributed by atoms with van der Waals surface area (Å²) in [7, 11) is 1.98. The molecule has 1 aliphatic rings. The van der Waals surface area contributed by atoms with Crippen molar-refractivity contribution in [2.24, 2.45) is 7.05 Å². The average molecular weight is 422 g/mol. The molecule has 1 N–H and O–H groups in total. The molecule has 0 spiro atoms. The van der Waals surface area contributed by atoms with Crippen molar-refractivity contribution in [2.75, 3.05) is 0 Å². The first kappa shape index (κ1) is 20.7. The van der Waals surface area contributed by atoms with Gasteiger partial charge in [-0.25, -0.2) is 4.98 Å². The van der Waals surface area contributed by atoms with E-state index in [1.54, 1.807) is 18.0 Å². The van der Waals surface area contributed by atoms with Crippen molar-refractivity contribution < 1.29 is 9.53 Å². The Labute approximate surface area is 181 Å². The van der Waals surface area contributed by atoms with Gasteiger partial charge in [0, 0.05) is 30.8 Å². The molecule has 1 aliphatic carbocycles. The predicted molar refractivity (Wildman–Crippen MR) is 119 cm³/mol. The Hall–Kier alpha value is -2.57. The number of rotatable bonds is 8. The molecule has 0 saturated heterocycles. The molecule has 3 aromatic rings. The van der Waals surface area contributed by atoms with E-state index in [0.717, 1.165) is 41.3 Å². The number of nitrogens with zero attached hydrogens (tertiary/aromatic N) is 2. The Kier molecular flexibility index (Phi) is 6.87. The molecule has 0 bridgehead atoms. The lowest BCUT2D eigenvalue weighted by molar-refractivity contribution is 0.0272. The highest BCUT2D eigenvalue weighted by Gasteiger charge is 2.29. The van der Waals surface area contributed by atoms with E-state index in [4.69, 9.17) is 4.74 Å². The van der Waals surface area contributed by atoms with Gasteiger partial charge in [0.25, 0.3) is 5.91 Å². The second-order valence-electron chi connectivity index (χ2n) is 7.66. The number of amides is 1. The zero-order valence-corrected chi connectivity index (χ0v) is 18.0. The third-order valence-electron chi connectivity index (χ3n) is 5.41. The van der Waals surface area contributed by atoms with Crippen molar-refractivity contribution in [2.45, 2.75) is 48.9 Å². The maximum atomic E-state index is 12.9. The molecule has 0 unspecified atom stereocenters. The fourth-order valence-corrected chi connectivity index (χ4v) is 4.64. The molecule has 1 amide bonds. The fourth-order valence-electron chi connectivity index (χ4n) is 3.76. The second-order valence-corrected chi connectivity index (χ2v) is 8.60. The number of hydrogen-bond donors (Lipinski definition) is 1. The van der Waals surface area contributed by atoms with Gasteiger partial charge < -0.3 is 14.6 Å². The predicted octanol–water partition coefficient (Wildman–Crippen LogP) is 4.58.